The molecule has 0 aromatic carbocycles. The molecule has 4 rings (SSSR count). The van der Waals surface area contributed by atoms with Crippen LogP contribution in [0.25, 0.3) is 0 Å². The van der Waals surface area contributed by atoms with Crippen LogP contribution in [-0.2, 0) is 11.3 Å². The van der Waals surface area contributed by atoms with Gasteiger partial charge in [-0.15, -0.1) is 0 Å². The Bertz CT molecular complexity index is 633. The zero-order chi connectivity index (χ0) is 18.7. The molecule has 1 aromatic rings. The van der Waals surface area contributed by atoms with Gasteiger partial charge in [-0.2, -0.15) is 4.98 Å². The number of carbonyl (C=O) groups is 1. The molecule has 2 saturated heterocycles. The lowest BCUT2D eigenvalue weighted by Gasteiger charge is -2.47. The first-order valence-electron chi connectivity index (χ1n) is 10.6. The number of aliphatic hydroxyl groups is 1. The van der Waals surface area contributed by atoms with Crippen LogP contribution in [0.1, 0.15) is 75.4 Å². The molecule has 1 aliphatic carbocycles. The third-order valence-corrected chi connectivity index (χ3v) is 6.80. The van der Waals surface area contributed by atoms with Gasteiger partial charge < -0.3 is 14.5 Å². The second kappa shape index (κ2) is 8.27. The van der Waals surface area contributed by atoms with Gasteiger partial charge in [-0.3, -0.25) is 9.69 Å². The van der Waals surface area contributed by atoms with Crippen LogP contribution in [0.3, 0.4) is 0 Å². The molecular weight excluding hydrogens is 344 g/mol. The van der Waals surface area contributed by atoms with Crippen molar-refractivity contribution in [3.63, 3.8) is 0 Å². The molecule has 0 radical (unpaired) electrons. The first kappa shape index (κ1) is 18.9. The second-order valence-electron chi connectivity index (χ2n) is 8.70. The maximum atomic E-state index is 12.1. The number of aromatic nitrogens is 2. The van der Waals surface area contributed by atoms with Crippen LogP contribution < -0.4 is 0 Å². The first-order chi connectivity index (χ1) is 13.2. The van der Waals surface area contributed by atoms with Crippen LogP contribution in [0.2, 0.25) is 0 Å². The van der Waals surface area contributed by atoms with Gasteiger partial charge in [0.1, 0.15) is 0 Å². The number of hydrogen-bond acceptors (Lipinski definition) is 6. The molecule has 3 heterocycles. The van der Waals surface area contributed by atoms with Crippen molar-refractivity contribution in [3.8, 4) is 0 Å². The zero-order valence-corrected chi connectivity index (χ0v) is 16.2. The van der Waals surface area contributed by atoms with Gasteiger partial charge in [0.25, 0.3) is 0 Å². The van der Waals surface area contributed by atoms with Crippen molar-refractivity contribution >= 4 is 5.91 Å². The fourth-order valence-electron chi connectivity index (χ4n) is 5.03. The summed E-state index contributed by atoms with van der Waals surface area (Å²) in [7, 11) is 0. The van der Waals surface area contributed by atoms with E-state index in [1.165, 1.54) is 25.7 Å². The van der Waals surface area contributed by atoms with Gasteiger partial charge in [0.2, 0.25) is 11.8 Å². The SMILES string of the molecule is O=C1CCC2(CCN(Cc3noc(C4CCCC4)n3)CC2)CN1CCCO. The first-order valence-corrected chi connectivity index (χ1v) is 10.6. The van der Waals surface area contributed by atoms with Crippen LogP contribution in [0.15, 0.2) is 4.52 Å². The number of aliphatic hydroxyl groups excluding tert-OH is 1. The van der Waals surface area contributed by atoms with Gasteiger partial charge in [-0.1, -0.05) is 18.0 Å². The van der Waals surface area contributed by atoms with Crippen LogP contribution in [0, 0.1) is 5.41 Å². The molecule has 7 heteroatoms. The number of piperidine rings is 2. The summed E-state index contributed by atoms with van der Waals surface area (Å²) in [6, 6.07) is 0. The lowest BCUT2D eigenvalue weighted by molar-refractivity contribution is -0.139. The van der Waals surface area contributed by atoms with E-state index >= 15 is 0 Å². The summed E-state index contributed by atoms with van der Waals surface area (Å²) in [5.41, 5.74) is 0.256. The summed E-state index contributed by atoms with van der Waals surface area (Å²) in [5.74, 6) is 2.38. The van der Waals surface area contributed by atoms with Gasteiger partial charge in [-0.25, -0.2) is 0 Å². The molecule has 2 aliphatic heterocycles. The fourth-order valence-corrected chi connectivity index (χ4v) is 5.03. The van der Waals surface area contributed by atoms with Gasteiger partial charge in [0.15, 0.2) is 5.82 Å². The molecule has 0 bridgehead atoms. The van der Waals surface area contributed by atoms with Gasteiger partial charge in [0, 0.05) is 32.0 Å². The molecule has 1 N–H and O–H groups in total. The van der Waals surface area contributed by atoms with Crippen LogP contribution >= 0.6 is 0 Å². The molecule has 1 aromatic heterocycles. The number of rotatable bonds is 6. The normalized spacial score (nSPS) is 24.2. The summed E-state index contributed by atoms with van der Waals surface area (Å²) < 4.78 is 5.51. The standard InChI is InChI=1S/C20H32N4O3/c25-13-3-10-24-15-20(7-6-18(24)26)8-11-23(12-9-20)14-17-21-19(27-22-17)16-4-1-2-5-16/h16,25H,1-15H2. The summed E-state index contributed by atoms with van der Waals surface area (Å²) in [6.07, 6.45) is 9.47. The molecule has 7 nitrogen and oxygen atoms in total. The number of hydrogen-bond donors (Lipinski definition) is 1. The van der Waals surface area contributed by atoms with Crippen molar-refractivity contribution in [2.24, 2.45) is 5.41 Å². The van der Waals surface area contributed by atoms with E-state index < -0.39 is 0 Å². The Morgan fingerprint density at radius 3 is 2.70 bits per heavy atom. The Hall–Kier alpha value is -1.47. The third-order valence-electron chi connectivity index (χ3n) is 6.80. The van der Waals surface area contributed by atoms with Crippen molar-refractivity contribution in [2.75, 3.05) is 32.8 Å². The largest absolute Gasteiger partial charge is 0.396 e. The quantitative estimate of drug-likeness (QED) is 0.820. The van der Waals surface area contributed by atoms with Gasteiger partial charge in [0.05, 0.1) is 6.54 Å². The fraction of sp³-hybridized carbons (Fsp3) is 0.850. The van der Waals surface area contributed by atoms with E-state index in [2.05, 4.69) is 15.0 Å². The van der Waals surface area contributed by atoms with Crippen molar-refractivity contribution in [3.05, 3.63) is 11.7 Å². The van der Waals surface area contributed by atoms with E-state index in [1.54, 1.807) is 0 Å². The third kappa shape index (κ3) is 4.35. The predicted molar refractivity (Wildman–Crippen MR) is 100.0 cm³/mol. The lowest BCUT2D eigenvalue weighted by Crippen LogP contribution is -2.51. The lowest BCUT2D eigenvalue weighted by atomic mass is 9.72. The highest BCUT2D eigenvalue weighted by Crippen LogP contribution is 2.40. The monoisotopic (exact) mass is 376 g/mol. The molecule has 3 fully saturated rings. The smallest absolute Gasteiger partial charge is 0.229 e. The van der Waals surface area contributed by atoms with E-state index in [0.717, 1.165) is 57.2 Å². The van der Waals surface area contributed by atoms with Crippen LogP contribution in [0.4, 0.5) is 0 Å². The van der Waals surface area contributed by atoms with Crippen molar-refractivity contribution in [1.82, 2.24) is 19.9 Å². The summed E-state index contributed by atoms with van der Waals surface area (Å²) in [6.45, 7) is 4.50. The molecule has 1 spiro atoms. The maximum Gasteiger partial charge on any atom is 0.229 e. The average Bonchev–Trinajstić information content (AvgIpc) is 3.36. The number of nitrogens with zero attached hydrogens (tertiary/aromatic N) is 4. The Balaban J connectivity index is 1.29. The average molecular weight is 377 g/mol. The van der Waals surface area contributed by atoms with E-state index in [-0.39, 0.29) is 17.9 Å². The molecule has 150 valence electrons. The predicted octanol–water partition coefficient (Wildman–Crippen LogP) is 2.31. The highest BCUT2D eigenvalue weighted by atomic mass is 16.5. The number of carbonyl (C=O) groups excluding carboxylic acids is 1. The van der Waals surface area contributed by atoms with Gasteiger partial charge in [-0.05, 0) is 57.0 Å². The Morgan fingerprint density at radius 1 is 1.19 bits per heavy atom. The minimum Gasteiger partial charge on any atom is -0.396 e. The van der Waals surface area contributed by atoms with Crippen molar-refractivity contribution in [2.45, 2.75) is 70.3 Å². The van der Waals surface area contributed by atoms with Crippen LogP contribution in [0.5, 0.6) is 0 Å². The van der Waals surface area contributed by atoms with Crippen molar-refractivity contribution in [1.29, 1.82) is 0 Å². The molecule has 27 heavy (non-hydrogen) atoms. The van der Waals surface area contributed by atoms with Crippen molar-refractivity contribution < 1.29 is 14.4 Å². The van der Waals surface area contributed by atoms with E-state index in [9.17, 15) is 4.79 Å². The van der Waals surface area contributed by atoms with Gasteiger partial charge >= 0.3 is 0 Å². The van der Waals surface area contributed by atoms with E-state index in [0.29, 0.717) is 25.3 Å². The summed E-state index contributed by atoms with van der Waals surface area (Å²) in [4.78, 5) is 21.2. The molecule has 0 atom stereocenters. The minimum absolute atomic E-state index is 0.151. The molecule has 1 saturated carbocycles. The van der Waals surface area contributed by atoms with E-state index in [1.807, 2.05) is 4.90 Å². The van der Waals surface area contributed by atoms with Crippen LogP contribution in [-0.4, -0.2) is 63.7 Å². The Kier molecular flexibility index (Phi) is 5.78. The summed E-state index contributed by atoms with van der Waals surface area (Å²) in [5, 5.41) is 13.3. The molecule has 1 amide bonds. The molecular formula is C20H32N4O3. The highest BCUT2D eigenvalue weighted by molar-refractivity contribution is 5.77. The molecule has 0 unspecified atom stereocenters. The molecule has 3 aliphatic rings. The Morgan fingerprint density at radius 2 is 1.96 bits per heavy atom. The minimum atomic E-state index is 0.151. The second-order valence-corrected chi connectivity index (χ2v) is 8.70. The summed E-state index contributed by atoms with van der Waals surface area (Å²) >= 11 is 0. The highest BCUT2D eigenvalue weighted by Gasteiger charge is 2.40. The maximum absolute atomic E-state index is 12.1. The Labute approximate surface area is 161 Å². The number of likely N-dealkylation sites (tertiary alicyclic amines) is 2. The number of amides is 1. The van der Waals surface area contributed by atoms with E-state index in [4.69, 9.17) is 9.63 Å². The zero-order valence-electron chi connectivity index (χ0n) is 16.2. The topological polar surface area (TPSA) is 82.7 Å².